The number of amides is 4. The Hall–Kier alpha value is -4.60. The van der Waals surface area contributed by atoms with Crippen molar-refractivity contribution in [1.82, 2.24) is 0 Å². The van der Waals surface area contributed by atoms with E-state index in [0.29, 0.717) is 33.9 Å². The van der Waals surface area contributed by atoms with Crippen LogP contribution in [0.3, 0.4) is 0 Å². The maximum Gasteiger partial charge on any atom is 0.238 e. The van der Waals surface area contributed by atoms with Crippen molar-refractivity contribution in [2.24, 2.45) is 57.7 Å². The molecule has 0 radical (unpaired) electrons. The first-order chi connectivity index (χ1) is 19.3. The maximum atomic E-state index is 13.7. The molecule has 4 amide bonds. The second-order valence-electron chi connectivity index (χ2n) is 11.3. The second kappa shape index (κ2) is 8.45. The van der Waals surface area contributed by atoms with Crippen molar-refractivity contribution in [3.8, 4) is 0 Å². The van der Waals surface area contributed by atoms with Gasteiger partial charge in [-0.3, -0.25) is 29.0 Å². The molecule has 2 saturated carbocycles. The molecule has 4 fully saturated rings. The lowest BCUT2D eigenvalue weighted by molar-refractivity contribution is -0.166. The van der Waals surface area contributed by atoms with Gasteiger partial charge in [0.2, 0.25) is 23.6 Å². The molecule has 8 rings (SSSR count). The number of anilines is 2. The molecule has 4 aliphatic carbocycles. The van der Waals surface area contributed by atoms with Gasteiger partial charge in [0.25, 0.3) is 0 Å². The lowest BCUT2D eigenvalue weighted by Gasteiger charge is -2.60. The van der Waals surface area contributed by atoms with Crippen LogP contribution in [-0.2, 0) is 19.2 Å². The van der Waals surface area contributed by atoms with Gasteiger partial charge in [0.1, 0.15) is 0 Å². The standard InChI is InChI=1S/C30H26N4O6/c1-13(31-39)15-3-7-17(8-4-15)33-27(35)23-19-11-12-20(24(23)28(33)36)22-21(19)25-26(22)30(38)34(29(25)37)18-9-5-16(6-10-18)14(2)32-40/h3-12,19-26,39-40H,1-2H3/t19-,20+,21-,22-,23+,24-,25-,26-/m0/s1. The third kappa shape index (κ3) is 2.98. The second-order valence-corrected chi connectivity index (χ2v) is 11.3. The Morgan fingerprint density at radius 2 is 0.900 bits per heavy atom. The monoisotopic (exact) mass is 538 g/mol. The summed E-state index contributed by atoms with van der Waals surface area (Å²) in [5.41, 5.74) is 3.08. The highest BCUT2D eigenvalue weighted by Crippen LogP contribution is 2.68. The smallest absolute Gasteiger partial charge is 0.238 e. The van der Waals surface area contributed by atoms with Gasteiger partial charge >= 0.3 is 0 Å². The number of imide groups is 2. The number of hydrogen-bond acceptors (Lipinski definition) is 8. The minimum atomic E-state index is -0.568. The van der Waals surface area contributed by atoms with Crippen LogP contribution in [0.15, 0.2) is 71.0 Å². The van der Waals surface area contributed by atoms with E-state index in [1.165, 1.54) is 9.80 Å². The Kier molecular flexibility index (Phi) is 5.16. The van der Waals surface area contributed by atoms with Crippen LogP contribution >= 0.6 is 0 Å². The van der Waals surface area contributed by atoms with E-state index in [2.05, 4.69) is 10.3 Å². The number of oxime groups is 2. The lowest BCUT2D eigenvalue weighted by Crippen LogP contribution is -2.63. The van der Waals surface area contributed by atoms with Gasteiger partial charge < -0.3 is 10.4 Å². The van der Waals surface area contributed by atoms with E-state index in [9.17, 15) is 19.2 Å². The van der Waals surface area contributed by atoms with E-state index in [0.717, 1.165) is 0 Å². The van der Waals surface area contributed by atoms with Crippen LogP contribution in [0.5, 0.6) is 0 Å². The van der Waals surface area contributed by atoms with Gasteiger partial charge in [-0.15, -0.1) is 0 Å². The van der Waals surface area contributed by atoms with Crippen molar-refractivity contribution in [3.05, 3.63) is 71.8 Å². The predicted octanol–water partition coefficient (Wildman–Crippen LogP) is 3.06. The quantitative estimate of drug-likeness (QED) is 0.202. The Labute approximate surface area is 229 Å². The van der Waals surface area contributed by atoms with E-state index in [4.69, 9.17) is 10.4 Å². The van der Waals surface area contributed by atoms with Gasteiger partial charge in [-0.1, -0.05) is 46.7 Å². The van der Waals surface area contributed by atoms with Gasteiger partial charge in [-0.05, 0) is 72.9 Å². The molecule has 0 spiro atoms. The summed E-state index contributed by atoms with van der Waals surface area (Å²) in [5.74, 6) is -4.20. The molecule has 10 nitrogen and oxygen atoms in total. The molecular formula is C30H26N4O6. The Morgan fingerprint density at radius 3 is 1.23 bits per heavy atom. The highest BCUT2D eigenvalue weighted by Gasteiger charge is 2.75. The molecule has 6 aliphatic rings. The van der Waals surface area contributed by atoms with E-state index in [1.54, 1.807) is 62.4 Å². The molecular weight excluding hydrogens is 512 g/mol. The summed E-state index contributed by atoms with van der Waals surface area (Å²) in [6.45, 7) is 3.30. The Bertz CT molecular complexity index is 1520. The van der Waals surface area contributed by atoms with Crippen LogP contribution < -0.4 is 9.80 Å². The molecule has 8 atom stereocenters. The minimum Gasteiger partial charge on any atom is -0.411 e. The van der Waals surface area contributed by atoms with Crippen LogP contribution in [0.25, 0.3) is 0 Å². The number of hydrogen-bond donors (Lipinski definition) is 2. The molecule has 2 aromatic carbocycles. The van der Waals surface area contributed by atoms with Crippen LogP contribution in [0.2, 0.25) is 0 Å². The zero-order valence-corrected chi connectivity index (χ0v) is 21.7. The highest BCUT2D eigenvalue weighted by atomic mass is 16.4. The van der Waals surface area contributed by atoms with E-state index >= 15 is 0 Å². The first kappa shape index (κ1) is 24.4. The van der Waals surface area contributed by atoms with Crippen molar-refractivity contribution in [3.63, 3.8) is 0 Å². The van der Waals surface area contributed by atoms with E-state index in [-0.39, 0.29) is 47.3 Å². The number of allylic oxidation sites excluding steroid dienone is 2. The third-order valence-corrected chi connectivity index (χ3v) is 9.73. The topological polar surface area (TPSA) is 140 Å². The zero-order chi connectivity index (χ0) is 28.0. The number of carbonyl (C=O) groups excluding carboxylic acids is 4. The summed E-state index contributed by atoms with van der Waals surface area (Å²) in [6, 6.07) is 13.5. The molecule has 2 bridgehead atoms. The van der Waals surface area contributed by atoms with E-state index < -0.39 is 23.7 Å². The fourth-order valence-corrected chi connectivity index (χ4v) is 7.93. The molecule has 0 aromatic heterocycles. The van der Waals surface area contributed by atoms with E-state index in [1.807, 2.05) is 12.2 Å². The SMILES string of the molecule is CC(=NO)c1ccc(N2C(=O)[C@@H]3[C@@H](C2=O)[C@H]2[C@H]4C=C[C@H]([C@H]5C(=O)N(c6ccc(C(C)=NO)cc6)C(=O)[C@@H]45)[C@H]32)cc1. The van der Waals surface area contributed by atoms with Gasteiger partial charge in [-0.2, -0.15) is 0 Å². The summed E-state index contributed by atoms with van der Waals surface area (Å²) < 4.78 is 0. The largest absolute Gasteiger partial charge is 0.411 e. The molecule has 2 aromatic rings. The van der Waals surface area contributed by atoms with Crippen molar-refractivity contribution >= 4 is 46.4 Å². The average Bonchev–Trinajstić information content (AvgIpc) is 3.35. The first-order valence-corrected chi connectivity index (χ1v) is 13.3. The minimum absolute atomic E-state index is 0.173. The maximum absolute atomic E-state index is 13.7. The molecule has 40 heavy (non-hydrogen) atoms. The lowest BCUT2D eigenvalue weighted by atomic mass is 9.40. The van der Waals surface area contributed by atoms with Crippen molar-refractivity contribution in [1.29, 1.82) is 0 Å². The molecule has 2 saturated heterocycles. The molecule has 0 unspecified atom stereocenters. The Morgan fingerprint density at radius 1 is 0.575 bits per heavy atom. The fraction of sp³-hybridized carbons (Fsp3) is 0.333. The first-order valence-electron chi connectivity index (χ1n) is 13.3. The number of rotatable bonds is 4. The van der Waals surface area contributed by atoms with Crippen molar-refractivity contribution in [2.45, 2.75) is 13.8 Å². The van der Waals surface area contributed by atoms with Crippen molar-refractivity contribution in [2.75, 3.05) is 9.80 Å². The number of nitrogens with zero attached hydrogens (tertiary/aromatic N) is 4. The predicted molar refractivity (Wildman–Crippen MR) is 143 cm³/mol. The summed E-state index contributed by atoms with van der Waals surface area (Å²) in [5, 5.41) is 24.5. The highest BCUT2D eigenvalue weighted by molar-refractivity contribution is 6.25. The summed E-state index contributed by atoms with van der Waals surface area (Å²) in [6.07, 6.45) is 3.96. The van der Waals surface area contributed by atoms with Crippen LogP contribution in [0.4, 0.5) is 11.4 Å². The van der Waals surface area contributed by atoms with Gasteiger partial charge in [0, 0.05) is 0 Å². The molecule has 2 heterocycles. The molecule has 202 valence electrons. The summed E-state index contributed by atoms with van der Waals surface area (Å²) >= 11 is 0. The normalized spacial score (nSPS) is 34.2. The number of carbonyl (C=O) groups is 4. The third-order valence-electron chi connectivity index (χ3n) is 9.73. The van der Waals surface area contributed by atoms with Gasteiger partial charge in [0.15, 0.2) is 0 Å². The molecule has 2 aliphatic heterocycles. The number of fused-ring (bicyclic) bond motifs is 1. The van der Waals surface area contributed by atoms with Crippen LogP contribution in [0.1, 0.15) is 25.0 Å². The number of benzene rings is 2. The zero-order valence-electron chi connectivity index (χ0n) is 21.7. The van der Waals surface area contributed by atoms with Gasteiger partial charge in [0.05, 0.1) is 46.5 Å². The van der Waals surface area contributed by atoms with Crippen molar-refractivity contribution < 1.29 is 29.6 Å². The fourth-order valence-electron chi connectivity index (χ4n) is 7.93. The van der Waals surface area contributed by atoms with Crippen LogP contribution in [-0.4, -0.2) is 45.5 Å². The molecule has 2 N–H and O–H groups in total. The Balaban J connectivity index is 1.18. The molecule has 10 heteroatoms. The summed E-state index contributed by atoms with van der Waals surface area (Å²) in [7, 11) is 0. The van der Waals surface area contributed by atoms with Gasteiger partial charge in [-0.25, -0.2) is 0 Å². The van der Waals surface area contributed by atoms with Crippen LogP contribution in [0, 0.1) is 47.3 Å². The average molecular weight is 539 g/mol. The summed E-state index contributed by atoms with van der Waals surface area (Å²) in [4.78, 5) is 57.3.